The SMILES string of the molecule is O=C(CCN1C(=O)COc2ccccc21)NCc1ccc(-n2cnc3ccccc32)nc1. The molecule has 0 unspecified atom stereocenters. The molecule has 0 spiro atoms. The minimum Gasteiger partial charge on any atom is -0.482 e. The van der Waals surface area contributed by atoms with Gasteiger partial charge in [0, 0.05) is 25.7 Å². The summed E-state index contributed by atoms with van der Waals surface area (Å²) >= 11 is 0. The quantitative estimate of drug-likeness (QED) is 0.511. The van der Waals surface area contributed by atoms with Crippen LogP contribution in [0.25, 0.3) is 16.9 Å². The number of hydrogen-bond acceptors (Lipinski definition) is 5. The summed E-state index contributed by atoms with van der Waals surface area (Å²) < 4.78 is 7.36. The molecule has 0 bridgehead atoms. The molecule has 8 heteroatoms. The van der Waals surface area contributed by atoms with Crippen LogP contribution in [0.2, 0.25) is 0 Å². The van der Waals surface area contributed by atoms with Crippen LogP contribution in [0.3, 0.4) is 0 Å². The van der Waals surface area contributed by atoms with Crippen LogP contribution in [0, 0.1) is 0 Å². The number of carbonyl (C=O) groups excluding carboxylic acids is 2. The Morgan fingerprint density at radius 2 is 1.88 bits per heavy atom. The van der Waals surface area contributed by atoms with Crippen molar-refractivity contribution in [3.05, 3.63) is 78.8 Å². The van der Waals surface area contributed by atoms with Crippen molar-refractivity contribution in [2.24, 2.45) is 0 Å². The highest BCUT2D eigenvalue weighted by Gasteiger charge is 2.25. The fourth-order valence-electron chi connectivity index (χ4n) is 3.71. The molecule has 1 aliphatic heterocycles. The summed E-state index contributed by atoms with van der Waals surface area (Å²) in [6, 6.07) is 19.0. The Hall–Kier alpha value is -4.20. The van der Waals surface area contributed by atoms with E-state index in [4.69, 9.17) is 4.74 Å². The molecule has 1 aliphatic rings. The lowest BCUT2D eigenvalue weighted by Gasteiger charge is -2.29. The van der Waals surface area contributed by atoms with Gasteiger partial charge < -0.3 is 15.0 Å². The standard InChI is InChI=1S/C24H21N5O3/c30-23(11-12-28-20-7-3-4-8-21(20)32-15-24(28)31)26-14-17-9-10-22(25-13-17)29-16-27-18-5-1-2-6-19(18)29/h1-10,13,16H,11-12,14-15H2,(H,26,30). The van der Waals surface area contributed by atoms with Gasteiger partial charge in [0.25, 0.3) is 5.91 Å². The molecule has 0 saturated carbocycles. The zero-order chi connectivity index (χ0) is 21.9. The second kappa shape index (κ2) is 8.50. The fourth-order valence-corrected chi connectivity index (χ4v) is 3.71. The van der Waals surface area contributed by atoms with Crippen LogP contribution < -0.4 is 15.0 Å². The van der Waals surface area contributed by atoms with Crippen molar-refractivity contribution >= 4 is 28.5 Å². The highest BCUT2D eigenvalue weighted by molar-refractivity contribution is 5.98. The van der Waals surface area contributed by atoms with Crippen molar-refractivity contribution in [1.29, 1.82) is 0 Å². The van der Waals surface area contributed by atoms with Crippen LogP contribution in [0.4, 0.5) is 5.69 Å². The lowest BCUT2D eigenvalue weighted by molar-refractivity contribution is -0.122. The van der Waals surface area contributed by atoms with Gasteiger partial charge in [0.15, 0.2) is 6.61 Å². The molecule has 2 amide bonds. The van der Waals surface area contributed by atoms with Gasteiger partial charge in [-0.1, -0.05) is 30.3 Å². The Kier molecular flexibility index (Phi) is 5.25. The maximum absolute atomic E-state index is 12.4. The number of fused-ring (bicyclic) bond motifs is 2. The van der Waals surface area contributed by atoms with Crippen molar-refractivity contribution in [2.45, 2.75) is 13.0 Å². The van der Waals surface area contributed by atoms with E-state index in [1.54, 1.807) is 17.4 Å². The zero-order valence-corrected chi connectivity index (χ0v) is 17.3. The fraction of sp³-hybridized carbons (Fsp3) is 0.167. The molecule has 3 heterocycles. The molecule has 0 radical (unpaired) electrons. The third-order valence-electron chi connectivity index (χ3n) is 5.37. The molecule has 0 saturated heterocycles. The lowest BCUT2D eigenvalue weighted by atomic mass is 10.2. The van der Waals surface area contributed by atoms with Gasteiger partial charge in [-0.2, -0.15) is 0 Å². The van der Waals surface area contributed by atoms with Gasteiger partial charge in [0.2, 0.25) is 5.91 Å². The molecule has 0 fully saturated rings. The summed E-state index contributed by atoms with van der Waals surface area (Å²) in [7, 11) is 0. The Morgan fingerprint density at radius 3 is 2.75 bits per heavy atom. The molecule has 8 nitrogen and oxygen atoms in total. The van der Waals surface area contributed by atoms with Gasteiger partial charge in [0.05, 0.1) is 16.7 Å². The van der Waals surface area contributed by atoms with E-state index < -0.39 is 0 Å². The molecule has 160 valence electrons. The summed E-state index contributed by atoms with van der Waals surface area (Å²) in [6.07, 6.45) is 3.69. The van der Waals surface area contributed by atoms with E-state index in [9.17, 15) is 9.59 Å². The number of ether oxygens (including phenoxy) is 1. The number of nitrogens with zero attached hydrogens (tertiary/aromatic N) is 4. The minimum absolute atomic E-state index is 0.0111. The van der Waals surface area contributed by atoms with Crippen LogP contribution in [0.15, 0.2) is 73.2 Å². The molecule has 2 aromatic heterocycles. The number of nitrogens with one attached hydrogen (secondary N) is 1. The molecule has 0 aliphatic carbocycles. The normalized spacial score (nSPS) is 13.0. The first-order chi connectivity index (χ1) is 15.7. The smallest absolute Gasteiger partial charge is 0.265 e. The number of amides is 2. The average molecular weight is 427 g/mol. The Balaban J connectivity index is 1.18. The van der Waals surface area contributed by atoms with Crippen molar-refractivity contribution in [3.63, 3.8) is 0 Å². The highest BCUT2D eigenvalue weighted by atomic mass is 16.5. The number of carbonyl (C=O) groups is 2. The first-order valence-electron chi connectivity index (χ1n) is 10.4. The third kappa shape index (κ3) is 3.90. The predicted octanol–water partition coefficient (Wildman–Crippen LogP) is 2.85. The van der Waals surface area contributed by atoms with E-state index in [-0.39, 0.29) is 24.8 Å². The number of rotatable bonds is 6. The summed E-state index contributed by atoms with van der Waals surface area (Å²) in [5, 5.41) is 2.89. The number of anilines is 1. The second-order valence-corrected chi connectivity index (χ2v) is 7.46. The first-order valence-corrected chi connectivity index (χ1v) is 10.4. The van der Waals surface area contributed by atoms with Crippen molar-refractivity contribution in [3.8, 4) is 11.6 Å². The van der Waals surface area contributed by atoms with Crippen LogP contribution in [-0.4, -0.2) is 39.5 Å². The zero-order valence-electron chi connectivity index (χ0n) is 17.3. The number of hydrogen-bond donors (Lipinski definition) is 1. The number of aromatic nitrogens is 3. The Morgan fingerprint density at radius 1 is 1.03 bits per heavy atom. The highest BCUT2D eigenvalue weighted by Crippen LogP contribution is 2.31. The Bertz CT molecular complexity index is 1280. The number of para-hydroxylation sites is 4. The summed E-state index contributed by atoms with van der Waals surface area (Å²) in [5.41, 5.74) is 3.48. The number of benzene rings is 2. The van der Waals surface area contributed by atoms with Gasteiger partial charge in [-0.25, -0.2) is 9.97 Å². The molecule has 2 aromatic carbocycles. The van der Waals surface area contributed by atoms with Crippen molar-refractivity contribution in [1.82, 2.24) is 19.9 Å². The van der Waals surface area contributed by atoms with E-state index in [1.807, 2.05) is 65.2 Å². The summed E-state index contributed by atoms with van der Waals surface area (Å²) in [5.74, 6) is 1.14. The molecular weight excluding hydrogens is 406 g/mol. The summed E-state index contributed by atoms with van der Waals surface area (Å²) in [6.45, 7) is 0.656. The number of pyridine rings is 1. The van der Waals surface area contributed by atoms with E-state index >= 15 is 0 Å². The first kappa shape index (κ1) is 19.7. The maximum Gasteiger partial charge on any atom is 0.265 e. The molecule has 4 aromatic rings. The van der Waals surface area contributed by atoms with Gasteiger partial charge >= 0.3 is 0 Å². The van der Waals surface area contributed by atoms with Crippen LogP contribution >= 0.6 is 0 Å². The molecular formula is C24H21N5O3. The predicted molar refractivity (Wildman–Crippen MR) is 120 cm³/mol. The maximum atomic E-state index is 12.4. The number of imidazole rings is 1. The molecule has 5 rings (SSSR count). The van der Waals surface area contributed by atoms with Gasteiger partial charge in [0.1, 0.15) is 17.9 Å². The average Bonchev–Trinajstić information content (AvgIpc) is 3.27. The van der Waals surface area contributed by atoms with E-state index in [2.05, 4.69) is 15.3 Å². The minimum atomic E-state index is -0.150. The van der Waals surface area contributed by atoms with Gasteiger partial charge in [-0.05, 0) is 35.9 Å². The van der Waals surface area contributed by atoms with E-state index in [0.717, 1.165) is 22.4 Å². The second-order valence-electron chi connectivity index (χ2n) is 7.46. The Labute approximate surface area is 184 Å². The van der Waals surface area contributed by atoms with Crippen LogP contribution in [0.5, 0.6) is 5.75 Å². The van der Waals surface area contributed by atoms with Crippen molar-refractivity contribution < 1.29 is 14.3 Å². The topological polar surface area (TPSA) is 89.4 Å². The summed E-state index contributed by atoms with van der Waals surface area (Å²) in [4.78, 5) is 35.1. The van der Waals surface area contributed by atoms with E-state index in [0.29, 0.717) is 24.5 Å². The van der Waals surface area contributed by atoms with Crippen molar-refractivity contribution in [2.75, 3.05) is 18.1 Å². The lowest BCUT2D eigenvalue weighted by Crippen LogP contribution is -2.41. The van der Waals surface area contributed by atoms with Crippen LogP contribution in [-0.2, 0) is 16.1 Å². The molecule has 32 heavy (non-hydrogen) atoms. The largest absolute Gasteiger partial charge is 0.482 e. The third-order valence-corrected chi connectivity index (χ3v) is 5.37. The molecule has 1 N–H and O–H groups in total. The molecule has 0 atom stereocenters. The van der Waals surface area contributed by atoms with Gasteiger partial charge in [-0.3, -0.25) is 14.2 Å². The van der Waals surface area contributed by atoms with E-state index in [1.165, 1.54) is 0 Å². The van der Waals surface area contributed by atoms with Gasteiger partial charge in [-0.15, -0.1) is 0 Å². The van der Waals surface area contributed by atoms with Crippen LogP contribution in [0.1, 0.15) is 12.0 Å². The monoisotopic (exact) mass is 427 g/mol.